The minimum atomic E-state index is -0.201. The quantitative estimate of drug-likeness (QED) is 0.239. The Morgan fingerprint density at radius 2 is 1.90 bits per heavy atom. The molecule has 2 aromatic rings. The molecule has 0 saturated heterocycles. The number of thioether (sulfide) groups is 1. The number of benzene rings is 1. The molecular weight excluding hydrogens is 414 g/mol. The van der Waals surface area contributed by atoms with Crippen molar-refractivity contribution in [2.75, 3.05) is 17.7 Å². The maximum Gasteiger partial charge on any atom is 0.257 e. The molecule has 0 fully saturated rings. The van der Waals surface area contributed by atoms with Gasteiger partial charge in [-0.25, -0.2) is 0 Å². The van der Waals surface area contributed by atoms with E-state index in [4.69, 9.17) is 4.74 Å². The van der Waals surface area contributed by atoms with Crippen LogP contribution in [0.2, 0.25) is 0 Å². The fourth-order valence-electron chi connectivity index (χ4n) is 2.40. The predicted octanol–water partition coefficient (Wildman–Crippen LogP) is 6.61. The van der Waals surface area contributed by atoms with E-state index in [-0.39, 0.29) is 5.91 Å². The van der Waals surface area contributed by atoms with Crippen molar-refractivity contribution in [3.63, 3.8) is 0 Å². The summed E-state index contributed by atoms with van der Waals surface area (Å²) in [5, 5.41) is 11.5. The van der Waals surface area contributed by atoms with Gasteiger partial charge in [-0.05, 0) is 69.9 Å². The predicted molar refractivity (Wildman–Crippen MR) is 128 cm³/mol. The van der Waals surface area contributed by atoms with E-state index in [0.29, 0.717) is 23.2 Å². The summed E-state index contributed by atoms with van der Waals surface area (Å²) < 4.78 is 6.63. The van der Waals surface area contributed by atoms with Gasteiger partial charge in [0, 0.05) is 11.3 Å². The fraction of sp³-hybridized carbons (Fsp3) is 0.435. The SMILES string of the molecule is CC(C)=CCCC(C)=CCOc1ccc(C(=O)Nc2nnc(SCC(C)C)s2)cc1. The van der Waals surface area contributed by atoms with Crippen molar-refractivity contribution < 1.29 is 9.53 Å². The first-order chi connectivity index (χ1) is 14.3. The minimum Gasteiger partial charge on any atom is -0.490 e. The molecule has 5 nitrogen and oxygen atoms in total. The molecular formula is C23H31N3O2S2. The van der Waals surface area contributed by atoms with Gasteiger partial charge in [0.05, 0.1) is 0 Å². The van der Waals surface area contributed by atoms with Crippen molar-refractivity contribution in [1.29, 1.82) is 0 Å². The number of amides is 1. The van der Waals surface area contributed by atoms with Crippen molar-refractivity contribution in [3.8, 4) is 5.75 Å². The number of nitrogens with zero attached hydrogens (tertiary/aromatic N) is 2. The van der Waals surface area contributed by atoms with E-state index in [9.17, 15) is 4.79 Å². The molecule has 2 rings (SSSR count). The number of hydrogen-bond donors (Lipinski definition) is 1. The number of carbonyl (C=O) groups excluding carboxylic acids is 1. The summed E-state index contributed by atoms with van der Waals surface area (Å²) in [5.74, 6) is 2.10. The van der Waals surface area contributed by atoms with Crippen molar-refractivity contribution in [3.05, 3.63) is 53.1 Å². The van der Waals surface area contributed by atoms with Gasteiger partial charge in [-0.1, -0.05) is 54.2 Å². The number of hydrogen-bond acceptors (Lipinski definition) is 6. The lowest BCUT2D eigenvalue weighted by Crippen LogP contribution is -2.11. The van der Waals surface area contributed by atoms with E-state index in [1.807, 2.05) is 12.1 Å². The Hall–Kier alpha value is -2.12. The van der Waals surface area contributed by atoms with Crippen LogP contribution in [0.3, 0.4) is 0 Å². The topological polar surface area (TPSA) is 64.1 Å². The first-order valence-corrected chi connectivity index (χ1v) is 11.9. The van der Waals surface area contributed by atoms with Crippen LogP contribution < -0.4 is 10.1 Å². The lowest BCUT2D eigenvalue weighted by molar-refractivity contribution is 0.102. The molecule has 0 radical (unpaired) electrons. The van der Waals surface area contributed by atoms with Crippen LogP contribution in [-0.2, 0) is 0 Å². The monoisotopic (exact) mass is 445 g/mol. The molecule has 1 amide bonds. The lowest BCUT2D eigenvalue weighted by atomic mass is 10.1. The second kappa shape index (κ2) is 12.5. The standard InChI is InChI=1S/C23H31N3O2S2/c1-16(2)7-6-8-18(5)13-14-28-20-11-9-19(10-12-20)21(27)24-22-25-26-23(30-22)29-15-17(3)4/h7,9-13,17H,6,8,14-15H2,1-5H3,(H,24,25,27). The molecule has 7 heteroatoms. The van der Waals surface area contributed by atoms with Gasteiger partial charge in [-0.15, -0.1) is 10.2 Å². The third kappa shape index (κ3) is 9.13. The van der Waals surface area contributed by atoms with Crippen LogP contribution in [0.15, 0.2) is 51.9 Å². The van der Waals surface area contributed by atoms with Crippen molar-refractivity contribution >= 4 is 34.1 Å². The second-order valence-electron chi connectivity index (χ2n) is 7.74. The van der Waals surface area contributed by atoms with Crippen molar-refractivity contribution in [2.24, 2.45) is 5.92 Å². The van der Waals surface area contributed by atoms with Crippen LogP contribution in [0.1, 0.15) is 57.8 Å². The van der Waals surface area contributed by atoms with Gasteiger partial charge in [0.1, 0.15) is 12.4 Å². The zero-order valence-corrected chi connectivity index (χ0v) is 20.0. The maximum atomic E-state index is 12.4. The molecule has 0 atom stereocenters. The molecule has 0 unspecified atom stereocenters. The molecule has 0 spiro atoms. The second-order valence-corrected chi connectivity index (χ2v) is 9.98. The first kappa shape index (κ1) is 24.2. The van der Waals surface area contributed by atoms with E-state index < -0.39 is 0 Å². The molecule has 0 saturated carbocycles. The third-order valence-corrected chi connectivity index (χ3v) is 6.46. The highest BCUT2D eigenvalue weighted by atomic mass is 32.2. The van der Waals surface area contributed by atoms with Gasteiger partial charge in [0.25, 0.3) is 5.91 Å². The van der Waals surface area contributed by atoms with Crippen LogP contribution in [0, 0.1) is 5.92 Å². The number of ether oxygens (including phenoxy) is 1. The van der Waals surface area contributed by atoms with Gasteiger partial charge in [-0.3, -0.25) is 10.1 Å². The molecule has 0 aliphatic carbocycles. The van der Waals surface area contributed by atoms with Crippen LogP contribution in [0.25, 0.3) is 0 Å². The highest BCUT2D eigenvalue weighted by Crippen LogP contribution is 2.27. The summed E-state index contributed by atoms with van der Waals surface area (Å²) in [4.78, 5) is 12.4. The minimum absolute atomic E-state index is 0.201. The lowest BCUT2D eigenvalue weighted by Gasteiger charge is -2.06. The highest BCUT2D eigenvalue weighted by Gasteiger charge is 2.11. The third-order valence-electron chi connectivity index (χ3n) is 4.06. The molecule has 0 aliphatic heterocycles. The van der Waals surface area contributed by atoms with E-state index in [1.54, 1.807) is 23.9 Å². The average molecular weight is 446 g/mol. The van der Waals surface area contributed by atoms with Gasteiger partial charge < -0.3 is 4.74 Å². The molecule has 30 heavy (non-hydrogen) atoms. The fourth-order valence-corrected chi connectivity index (χ4v) is 4.12. The van der Waals surface area contributed by atoms with Gasteiger partial charge in [0.15, 0.2) is 4.34 Å². The Kier molecular flexibility index (Phi) is 10.1. The summed E-state index contributed by atoms with van der Waals surface area (Å²) in [5.41, 5.74) is 3.22. The maximum absolute atomic E-state index is 12.4. The zero-order chi connectivity index (χ0) is 21.9. The summed E-state index contributed by atoms with van der Waals surface area (Å²) >= 11 is 3.05. The van der Waals surface area contributed by atoms with Crippen molar-refractivity contribution in [1.82, 2.24) is 10.2 Å². The van der Waals surface area contributed by atoms with E-state index in [2.05, 4.69) is 62.3 Å². The number of carbonyl (C=O) groups is 1. The van der Waals surface area contributed by atoms with E-state index in [1.165, 1.54) is 22.5 Å². The van der Waals surface area contributed by atoms with Crippen LogP contribution in [0.4, 0.5) is 5.13 Å². The smallest absolute Gasteiger partial charge is 0.257 e. The summed E-state index contributed by atoms with van der Waals surface area (Å²) in [6.07, 6.45) is 6.44. The Morgan fingerprint density at radius 1 is 1.17 bits per heavy atom. The van der Waals surface area contributed by atoms with E-state index >= 15 is 0 Å². The molecule has 162 valence electrons. The van der Waals surface area contributed by atoms with Gasteiger partial charge in [-0.2, -0.15) is 0 Å². The number of aromatic nitrogens is 2. The average Bonchev–Trinajstić information content (AvgIpc) is 3.14. The molecule has 0 bridgehead atoms. The Bertz CT molecular complexity index is 867. The van der Waals surface area contributed by atoms with Crippen LogP contribution in [0.5, 0.6) is 5.75 Å². The Morgan fingerprint density at radius 3 is 2.57 bits per heavy atom. The number of rotatable bonds is 11. The van der Waals surface area contributed by atoms with E-state index in [0.717, 1.165) is 28.7 Å². The molecule has 0 aliphatic rings. The highest BCUT2D eigenvalue weighted by molar-refractivity contribution is 8.01. The largest absolute Gasteiger partial charge is 0.490 e. The van der Waals surface area contributed by atoms with Gasteiger partial charge in [0.2, 0.25) is 5.13 Å². The molecule has 1 aromatic carbocycles. The summed E-state index contributed by atoms with van der Waals surface area (Å²) in [6, 6.07) is 7.13. The number of allylic oxidation sites excluding steroid dienone is 3. The molecule has 1 N–H and O–H groups in total. The Labute approximate surface area is 188 Å². The van der Waals surface area contributed by atoms with Crippen LogP contribution in [-0.4, -0.2) is 28.5 Å². The van der Waals surface area contributed by atoms with Crippen LogP contribution >= 0.6 is 23.1 Å². The molecule has 1 aromatic heterocycles. The van der Waals surface area contributed by atoms with Crippen molar-refractivity contribution in [2.45, 2.75) is 51.8 Å². The first-order valence-electron chi connectivity index (χ1n) is 10.1. The summed E-state index contributed by atoms with van der Waals surface area (Å²) in [6.45, 7) is 11.2. The number of anilines is 1. The normalized spacial score (nSPS) is 11.5. The zero-order valence-electron chi connectivity index (χ0n) is 18.4. The Balaban J connectivity index is 1.80. The van der Waals surface area contributed by atoms with Gasteiger partial charge >= 0.3 is 0 Å². The molecule has 1 heterocycles. The summed E-state index contributed by atoms with van der Waals surface area (Å²) in [7, 11) is 0. The number of nitrogens with one attached hydrogen (secondary N) is 1.